The molecule has 5 rings (SSSR count). The molecule has 5 nitrogen and oxygen atoms in total. The Labute approximate surface area is 161 Å². The fourth-order valence-corrected chi connectivity index (χ4v) is 5.07. The predicted molar refractivity (Wildman–Crippen MR) is 102 cm³/mol. The van der Waals surface area contributed by atoms with Crippen molar-refractivity contribution in [1.29, 1.82) is 0 Å². The normalized spacial score (nSPS) is 33.1. The van der Waals surface area contributed by atoms with Gasteiger partial charge in [-0.1, -0.05) is 6.07 Å². The Morgan fingerprint density at radius 3 is 2.78 bits per heavy atom. The number of methoxy groups -OCH3 is 1. The van der Waals surface area contributed by atoms with Gasteiger partial charge >= 0.3 is 0 Å². The Balaban J connectivity index is 1.28. The maximum absolute atomic E-state index is 6.26. The molecule has 5 heteroatoms. The highest BCUT2D eigenvalue weighted by atomic mass is 16.6. The maximum atomic E-state index is 6.26. The van der Waals surface area contributed by atoms with Crippen LogP contribution in [0.2, 0.25) is 0 Å². The van der Waals surface area contributed by atoms with Gasteiger partial charge in [-0.15, -0.1) is 0 Å². The van der Waals surface area contributed by atoms with Gasteiger partial charge in [0.1, 0.15) is 13.2 Å². The van der Waals surface area contributed by atoms with E-state index in [1.54, 1.807) is 0 Å². The number of nitrogens with zero attached hydrogens (tertiary/aromatic N) is 1. The Morgan fingerprint density at radius 1 is 1.11 bits per heavy atom. The molecule has 0 amide bonds. The van der Waals surface area contributed by atoms with Gasteiger partial charge in [0.2, 0.25) is 0 Å². The lowest BCUT2D eigenvalue weighted by Crippen LogP contribution is -2.51. The first-order chi connectivity index (χ1) is 13.3. The van der Waals surface area contributed by atoms with Gasteiger partial charge in [0.05, 0.1) is 11.7 Å². The number of fused-ring (bicyclic) bond motifs is 2. The van der Waals surface area contributed by atoms with Gasteiger partial charge in [0.25, 0.3) is 0 Å². The molecule has 0 aromatic heterocycles. The molecule has 2 aliphatic carbocycles. The number of likely N-dealkylation sites (tertiary alicyclic amines) is 1. The second-order valence-electron chi connectivity index (χ2n) is 8.66. The quantitative estimate of drug-likeness (QED) is 0.764. The van der Waals surface area contributed by atoms with Crippen molar-refractivity contribution in [3.05, 3.63) is 23.8 Å². The summed E-state index contributed by atoms with van der Waals surface area (Å²) in [5, 5.41) is 0. The molecular weight excluding hydrogens is 342 g/mol. The van der Waals surface area contributed by atoms with Crippen LogP contribution >= 0.6 is 0 Å². The minimum absolute atomic E-state index is 0.00720. The van der Waals surface area contributed by atoms with Crippen LogP contribution in [-0.2, 0) is 16.0 Å². The first-order valence-electron chi connectivity index (χ1n) is 10.5. The van der Waals surface area contributed by atoms with Gasteiger partial charge in [0.15, 0.2) is 11.5 Å². The van der Waals surface area contributed by atoms with Crippen LogP contribution in [-0.4, -0.2) is 56.1 Å². The summed E-state index contributed by atoms with van der Waals surface area (Å²) in [6.45, 7) is 4.25. The average molecular weight is 373 g/mol. The third-order valence-electron chi connectivity index (χ3n) is 6.91. The fourth-order valence-electron chi connectivity index (χ4n) is 5.07. The first kappa shape index (κ1) is 17.8. The van der Waals surface area contributed by atoms with E-state index in [-0.39, 0.29) is 5.60 Å². The van der Waals surface area contributed by atoms with Crippen LogP contribution in [0.5, 0.6) is 11.5 Å². The molecule has 148 valence electrons. The molecule has 3 atom stereocenters. The van der Waals surface area contributed by atoms with Crippen molar-refractivity contribution < 1.29 is 18.9 Å². The molecule has 1 saturated heterocycles. The topological polar surface area (TPSA) is 40.2 Å². The molecule has 4 aliphatic rings. The number of benzene rings is 1. The van der Waals surface area contributed by atoms with Crippen LogP contribution in [0, 0.1) is 5.92 Å². The summed E-state index contributed by atoms with van der Waals surface area (Å²) in [6.07, 6.45) is 7.55. The Hall–Kier alpha value is -1.30. The zero-order valence-electron chi connectivity index (χ0n) is 16.3. The highest BCUT2D eigenvalue weighted by Gasteiger charge is 2.51. The molecule has 2 aliphatic heterocycles. The van der Waals surface area contributed by atoms with Gasteiger partial charge in [-0.05, 0) is 62.1 Å². The van der Waals surface area contributed by atoms with E-state index in [1.807, 2.05) is 13.2 Å². The smallest absolute Gasteiger partial charge is 0.161 e. The van der Waals surface area contributed by atoms with Gasteiger partial charge in [-0.3, -0.25) is 4.90 Å². The number of hydrogen-bond donors (Lipinski definition) is 0. The van der Waals surface area contributed by atoms with Crippen molar-refractivity contribution in [2.24, 2.45) is 5.92 Å². The Morgan fingerprint density at radius 2 is 1.96 bits per heavy atom. The lowest BCUT2D eigenvalue weighted by atomic mass is 9.79. The highest BCUT2D eigenvalue weighted by Crippen LogP contribution is 2.44. The third-order valence-corrected chi connectivity index (χ3v) is 6.91. The summed E-state index contributed by atoms with van der Waals surface area (Å²) < 4.78 is 23.8. The maximum Gasteiger partial charge on any atom is 0.161 e. The number of hydrogen-bond acceptors (Lipinski definition) is 5. The molecule has 0 bridgehead atoms. The van der Waals surface area contributed by atoms with Crippen molar-refractivity contribution in [2.75, 3.05) is 33.5 Å². The van der Waals surface area contributed by atoms with Crippen LogP contribution < -0.4 is 9.47 Å². The molecule has 1 aromatic rings. The van der Waals surface area contributed by atoms with Gasteiger partial charge in [-0.25, -0.2) is 0 Å². The molecule has 2 heterocycles. The van der Waals surface area contributed by atoms with Gasteiger partial charge < -0.3 is 18.9 Å². The lowest BCUT2D eigenvalue weighted by molar-refractivity contribution is -0.103. The zero-order chi connectivity index (χ0) is 18.3. The van der Waals surface area contributed by atoms with Crippen molar-refractivity contribution in [3.63, 3.8) is 0 Å². The molecule has 1 aromatic carbocycles. The third kappa shape index (κ3) is 3.57. The van der Waals surface area contributed by atoms with Crippen molar-refractivity contribution in [2.45, 2.75) is 62.8 Å². The van der Waals surface area contributed by atoms with E-state index in [0.717, 1.165) is 62.8 Å². The molecule has 2 saturated carbocycles. The molecule has 0 unspecified atom stereocenters. The van der Waals surface area contributed by atoms with E-state index in [4.69, 9.17) is 18.9 Å². The summed E-state index contributed by atoms with van der Waals surface area (Å²) in [5.41, 5.74) is 1.29. The van der Waals surface area contributed by atoms with Crippen LogP contribution in [0.4, 0.5) is 0 Å². The summed E-state index contributed by atoms with van der Waals surface area (Å²) in [4.78, 5) is 2.60. The molecule has 3 fully saturated rings. The van der Waals surface area contributed by atoms with Crippen LogP contribution in [0.1, 0.15) is 44.1 Å². The number of ether oxygens (including phenoxy) is 4. The minimum Gasteiger partial charge on any atom is -0.486 e. The second kappa shape index (κ2) is 7.26. The van der Waals surface area contributed by atoms with E-state index in [0.29, 0.717) is 25.4 Å². The van der Waals surface area contributed by atoms with Crippen LogP contribution in [0.3, 0.4) is 0 Å². The van der Waals surface area contributed by atoms with Gasteiger partial charge in [-0.2, -0.15) is 0 Å². The Bertz CT molecular complexity index is 676. The van der Waals surface area contributed by atoms with E-state index in [2.05, 4.69) is 17.0 Å². The molecule has 0 spiro atoms. The van der Waals surface area contributed by atoms with Crippen molar-refractivity contribution in [1.82, 2.24) is 4.90 Å². The molecular formula is C22H31NO4. The average Bonchev–Trinajstić information content (AvgIpc) is 3.48. The van der Waals surface area contributed by atoms with E-state index in [1.165, 1.54) is 18.4 Å². The van der Waals surface area contributed by atoms with Gasteiger partial charge in [0, 0.05) is 32.8 Å². The van der Waals surface area contributed by atoms with Crippen molar-refractivity contribution in [3.8, 4) is 11.5 Å². The summed E-state index contributed by atoms with van der Waals surface area (Å²) in [7, 11) is 1.89. The minimum atomic E-state index is 0.00720. The van der Waals surface area contributed by atoms with E-state index >= 15 is 0 Å². The monoisotopic (exact) mass is 373 g/mol. The highest BCUT2D eigenvalue weighted by molar-refractivity contribution is 5.43. The summed E-state index contributed by atoms with van der Waals surface area (Å²) in [5.74, 6) is 2.57. The second-order valence-corrected chi connectivity index (χ2v) is 8.66. The van der Waals surface area contributed by atoms with Crippen LogP contribution in [0.15, 0.2) is 18.2 Å². The number of rotatable bonds is 6. The largest absolute Gasteiger partial charge is 0.486 e. The standard InChI is InChI=1S/C22H31NO4/c1-24-22-7-6-18(27-15-16-2-3-16)13-21(22)23(9-8-22)14-17-4-5-19-20(12-17)26-11-10-25-19/h4-5,12,16,18,21H,2-3,6-11,13-15H2,1H3/t18-,21-,22+/m0/s1. The summed E-state index contributed by atoms with van der Waals surface area (Å²) >= 11 is 0. The van der Waals surface area contributed by atoms with Crippen molar-refractivity contribution >= 4 is 0 Å². The lowest BCUT2D eigenvalue weighted by Gasteiger charge is -2.43. The first-order valence-corrected chi connectivity index (χ1v) is 10.5. The molecule has 0 radical (unpaired) electrons. The fraction of sp³-hybridized carbons (Fsp3) is 0.727. The SMILES string of the molecule is CO[C@@]12CC[C@H](OCC3CC3)C[C@@H]1N(Cc1ccc3c(c1)OCCO3)CC2. The summed E-state index contributed by atoms with van der Waals surface area (Å²) in [6, 6.07) is 6.80. The van der Waals surface area contributed by atoms with E-state index < -0.39 is 0 Å². The molecule has 27 heavy (non-hydrogen) atoms. The predicted octanol–water partition coefficient (Wildman–Crippen LogP) is 3.40. The Kier molecular flexibility index (Phi) is 4.78. The van der Waals surface area contributed by atoms with Crippen LogP contribution in [0.25, 0.3) is 0 Å². The molecule has 0 N–H and O–H groups in total. The van der Waals surface area contributed by atoms with E-state index in [9.17, 15) is 0 Å². The zero-order valence-corrected chi connectivity index (χ0v) is 16.3.